The maximum absolute atomic E-state index is 12.6. The molecule has 4 rings (SSSR count). The van der Waals surface area contributed by atoms with E-state index in [1.54, 1.807) is 6.07 Å². The Hall–Kier alpha value is -2.34. The van der Waals surface area contributed by atoms with Crippen LogP contribution in [0.25, 0.3) is 5.69 Å². The predicted molar refractivity (Wildman–Crippen MR) is 123 cm³/mol. The molecule has 0 aliphatic carbocycles. The third-order valence-corrected chi connectivity index (χ3v) is 6.42. The summed E-state index contributed by atoms with van der Waals surface area (Å²) in [5.74, 6) is 0.0170. The average molecular weight is 458 g/mol. The zero-order valence-electron chi connectivity index (χ0n) is 17.2. The van der Waals surface area contributed by atoms with E-state index in [2.05, 4.69) is 10.4 Å². The molecule has 0 atom stereocenters. The molecule has 2 heterocycles. The molecule has 1 aliphatic rings. The quantitative estimate of drug-likeness (QED) is 0.544. The Balaban J connectivity index is 1.37. The van der Waals surface area contributed by atoms with E-state index in [4.69, 9.17) is 27.9 Å². The molecule has 0 unspecified atom stereocenters. The number of benzene rings is 2. The summed E-state index contributed by atoms with van der Waals surface area (Å²) in [5, 5.41) is 8.77. The number of carbonyl (C=O) groups excluding carboxylic acids is 1. The number of rotatable bonds is 7. The molecule has 31 heavy (non-hydrogen) atoms. The van der Waals surface area contributed by atoms with Crippen LogP contribution in [-0.4, -0.2) is 35.4 Å². The molecule has 1 aromatic heterocycles. The molecule has 5 nitrogen and oxygen atoms in total. The van der Waals surface area contributed by atoms with Gasteiger partial charge in [-0.1, -0.05) is 47.5 Å². The van der Waals surface area contributed by atoms with Crippen LogP contribution >= 0.6 is 23.2 Å². The highest BCUT2D eigenvalue weighted by Gasteiger charge is 2.36. The van der Waals surface area contributed by atoms with Gasteiger partial charge in [-0.25, -0.2) is 4.68 Å². The number of carbonyl (C=O) groups is 1. The van der Waals surface area contributed by atoms with Gasteiger partial charge in [0.05, 0.1) is 11.9 Å². The number of hydrogen-bond donors (Lipinski definition) is 1. The number of aromatic nitrogens is 2. The van der Waals surface area contributed by atoms with Crippen LogP contribution < -0.4 is 5.32 Å². The minimum atomic E-state index is -0.242. The molecule has 2 aromatic carbocycles. The monoisotopic (exact) mass is 457 g/mol. The second-order valence-corrected chi connectivity index (χ2v) is 8.77. The van der Waals surface area contributed by atoms with Crippen LogP contribution in [0.5, 0.6) is 0 Å². The number of ether oxygens (including phenoxy) is 1. The molecule has 0 radical (unpaired) electrons. The van der Waals surface area contributed by atoms with Crippen molar-refractivity contribution in [2.45, 2.75) is 31.1 Å². The normalized spacial score (nSPS) is 15.5. The van der Waals surface area contributed by atoms with Gasteiger partial charge in [-0.2, -0.15) is 5.10 Å². The van der Waals surface area contributed by atoms with Crippen LogP contribution in [-0.2, 0) is 21.4 Å². The van der Waals surface area contributed by atoms with Crippen molar-refractivity contribution in [2.24, 2.45) is 0 Å². The van der Waals surface area contributed by atoms with E-state index in [0.29, 0.717) is 42.6 Å². The van der Waals surface area contributed by atoms with Gasteiger partial charge in [0.25, 0.3) is 0 Å². The second kappa shape index (κ2) is 9.86. The molecule has 162 valence electrons. The second-order valence-electron chi connectivity index (χ2n) is 7.92. The van der Waals surface area contributed by atoms with Crippen LogP contribution in [0.1, 0.15) is 30.4 Å². The molecular weight excluding hydrogens is 433 g/mol. The van der Waals surface area contributed by atoms with Gasteiger partial charge in [-0.15, -0.1) is 0 Å². The lowest BCUT2D eigenvalue weighted by Gasteiger charge is -2.38. The van der Waals surface area contributed by atoms with Gasteiger partial charge in [0, 0.05) is 47.8 Å². The van der Waals surface area contributed by atoms with Crippen molar-refractivity contribution in [1.82, 2.24) is 15.1 Å². The number of hydrogen-bond acceptors (Lipinski definition) is 3. The molecule has 7 heteroatoms. The Kier molecular flexibility index (Phi) is 6.96. The van der Waals surface area contributed by atoms with E-state index < -0.39 is 0 Å². The first-order chi connectivity index (χ1) is 15.1. The van der Waals surface area contributed by atoms with E-state index >= 15 is 0 Å². The summed E-state index contributed by atoms with van der Waals surface area (Å²) in [7, 11) is 0. The number of nitrogens with zero attached hydrogens (tertiary/aromatic N) is 2. The number of halogens is 2. The number of nitrogens with one attached hydrogen (secondary N) is 1. The molecule has 3 aromatic rings. The summed E-state index contributed by atoms with van der Waals surface area (Å²) in [6.07, 6.45) is 6.43. The van der Waals surface area contributed by atoms with E-state index in [-0.39, 0.29) is 11.3 Å². The smallest absolute Gasteiger partial charge is 0.220 e. The van der Waals surface area contributed by atoms with E-state index in [1.807, 2.05) is 59.5 Å². The van der Waals surface area contributed by atoms with Crippen molar-refractivity contribution in [2.75, 3.05) is 19.8 Å². The molecule has 1 N–H and O–H groups in total. The van der Waals surface area contributed by atoms with Crippen LogP contribution in [0.2, 0.25) is 10.0 Å². The first-order valence-electron chi connectivity index (χ1n) is 10.4. The van der Waals surface area contributed by atoms with E-state index in [9.17, 15) is 4.79 Å². The van der Waals surface area contributed by atoms with Crippen LogP contribution in [0, 0.1) is 0 Å². The largest absolute Gasteiger partial charge is 0.381 e. The SMILES string of the molecule is O=C(CCc1cnn(-c2ccccc2)c1)NCC1(c2ccc(Cl)cc2Cl)CCOCC1. The van der Waals surface area contributed by atoms with Crippen molar-refractivity contribution >= 4 is 29.1 Å². The molecule has 0 bridgehead atoms. The zero-order chi connectivity index (χ0) is 21.7. The first-order valence-corrected chi connectivity index (χ1v) is 11.2. The van der Waals surface area contributed by atoms with Gasteiger partial charge >= 0.3 is 0 Å². The molecular formula is C24H25Cl2N3O2. The van der Waals surface area contributed by atoms with Crippen molar-refractivity contribution in [1.29, 1.82) is 0 Å². The fourth-order valence-corrected chi connectivity index (χ4v) is 4.66. The minimum absolute atomic E-state index is 0.0170. The predicted octanol–water partition coefficient (Wildman–Crippen LogP) is 4.98. The van der Waals surface area contributed by atoms with Gasteiger partial charge in [-0.3, -0.25) is 4.79 Å². The van der Waals surface area contributed by atoms with Gasteiger partial charge in [0.1, 0.15) is 0 Å². The molecule has 1 amide bonds. The summed E-state index contributed by atoms with van der Waals surface area (Å²) >= 11 is 12.6. The van der Waals surface area contributed by atoms with Gasteiger partial charge in [0.2, 0.25) is 5.91 Å². The highest BCUT2D eigenvalue weighted by Crippen LogP contribution is 2.39. The Labute approximate surface area is 192 Å². The van der Waals surface area contributed by atoms with Crippen molar-refractivity contribution in [3.63, 3.8) is 0 Å². The number of amides is 1. The van der Waals surface area contributed by atoms with Crippen molar-refractivity contribution in [3.8, 4) is 5.69 Å². The third-order valence-electron chi connectivity index (χ3n) is 5.87. The Bertz CT molecular complexity index is 1030. The average Bonchev–Trinajstić information content (AvgIpc) is 3.27. The Morgan fingerprint density at radius 3 is 2.65 bits per heavy atom. The third kappa shape index (κ3) is 5.29. The van der Waals surface area contributed by atoms with Crippen LogP contribution in [0.15, 0.2) is 60.9 Å². The molecule has 1 fully saturated rings. The van der Waals surface area contributed by atoms with Crippen LogP contribution in [0.3, 0.4) is 0 Å². The Morgan fingerprint density at radius 2 is 1.90 bits per heavy atom. The number of aryl methyl sites for hydroxylation is 1. The van der Waals surface area contributed by atoms with E-state index in [1.165, 1.54) is 0 Å². The molecule has 0 spiro atoms. The maximum Gasteiger partial charge on any atom is 0.220 e. The fourth-order valence-electron chi connectivity index (χ4n) is 4.05. The summed E-state index contributed by atoms with van der Waals surface area (Å²) < 4.78 is 7.40. The summed E-state index contributed by atoms with van der Waals surface area (Å²) in [6, 6.07) is 15.5. The highest BCUT2D eigenvalue weighted by atomic mass is 35.5. The lowest BCUT2D eigenvalue weighted by molar-refractivity contribution is -0.121. The number of para-hydroxylation sites is 1. The zero-order valence-corrected chi connectivity index (χ0v) is 18.7. The highest BCUT2D eigenvalue weighted by molar-refractivity contribution is 6.35. The fraction of sp³-hybridized carbons (Fsp3) is 0.333. The van der Waals surface area contributed by atoms with Crippen molar-refractivity contribution in [3.05, 3.63) is 82.1 Å². The summed E-state index contributed by atoms with van der Waals surface area (Å²) in [4.78, 5) is 12.6. The maximum atomic E-state index is 12.6. The topological polar surface area (TPSA) is 56.2 Å². The standard InChI is InChI=1S/C24H25Cl2N3O2/c25-19-7-8-21(22(26)14-19)24(10-12-31-13-11-24)17-27-23(30)9-6-18-15-28-29(16-18)20-4-2-1-3-5-20/h1-5,7-8,14-16H,6,9-13,17H2,(H,27,30). The van der Waals surface area contributed by atoms with E-state index in [0.717, 1.165) is 29.7 Å². The van der Waals surface area contributed by atoms with Gasteiger partial charge in [0.15, 0.2) is 0 Å². The Morgan fingerprint density at radius 1 is 1.13 bits per heavy atom. The molecule has 1 aliphatic heterocycles. The lowest BCUT2D eigenvalue weighted by Crippen LogP contribution is -2.44. The summed E-state index contributed by atoms with van der Waals surface area (Å²) in [5.41, 5.74) is 2.81. The molecule has 1 saturated heterocycles. The van der Waals surface area contributed by atoms with Gasteiger partial charge in [-0.05, 0) is 54.7 Å². The lowest BCUT2D eigenvalue weighted by atomic mass is 9.74. The summed E-state index contributed by atoms with van der Waals surface area (Å²) in [6.45, 7) is 1.82. The van der Waals surface area contributed by atoms with Crippen molar-refractivity contribution < 1.29 is 9.53 Å². The van der Waals surface area contributed by atoms with Gasteiger partial charge < -0.3 is 10.1 Å². The minimum Gasteiger partial charge on any atom is -0.381 e. The van der Waals surface area contributed by atoms with Crippen LogP contribution in [0.4, 0.5) is 0 Å². The molecule has 0 saturated carbocycles. The first kappa shape index (κ1) is 21.9.